The van der Waals surface area contributed by atoms with Crippen LogP contribution in [0.2, 0.25) is 0 Å². The number of nitrogens with zero attached hydrogens (tertiary/aromatic N) is 3. The quantitative estimate of drug-likeness (QED) is 0.642. The van der Waals surface area contributed by atoms with Gasteiger partial charge >= 0.3 is 0 Å². The molecule has 1 aromatic rings. The highest BCUT2D eigenvalue weighted by Gasteiger charge is 2.16. The molecule has 0 spiro atoms. The molecule has 1 rings (SSSR count). The maximum Gasteiger partial charge on any atom is 0.159 e. The summed E-state index contributed by atoms with van der Waals surface area (Å²) >= 11 is 3.47. The monoisotopic (exact) mass is 287 g/mol. The molecular weight excluding hydrogens is 270 g/mol. The van der Waals surface area contributed by atoms with Crippen molar-refractivity contribution in [2.24, 2.45) is 5.84 Å². The van der Waals surface area contributed by atoms with Gasteiger partial charge in [-0.2, -0.15) is 0 Å². The van der Waals surface area contributed by atoms with Gasteiger partial charge in [0.1, 0.15) is 16.6 Å². The molecule has 0 unspecified atom stereocenters. The normalized spacial score (nSPS) is 10.6. The molecule has 0 bridgehead atoms. The number of hydrazine groups is 1. The second-order valence-electron chi connectivity index (χ2n) is 3.79. The van der Waals surface area contributed by atoms with Crippen LogP contribution in [0.15, 0.2) is 10.8 Å². The van der Waals surface area contributed by atoms with Gasteiger partial charge in [0.15, 0.2) is 5.82 Å². The summed E-state index contributed by atoms with van der Waals surface area (Å²) in [6, 6.07) is 0.386. The van der Waals surface area contributed by atoms with Gasteiger partial charge in [-0.25, -0.2) is 15.8 Å². The third kappa shape index (κ3) is 2.82. The summed E-state index contributed by atoms with van der Waals surface area (Å²) in [6.45, 7) is 7.38. The lowest BCUT2D eigenvalue weighted by atomic mass is 10.3. The molecule has 0 radical (unpaired) electrons. The van der Waals surface area contributed by atoms with Crippen LogP contribution in [0.5, 0.6) is 0 Å². The summed E-state index contributed by atoms with van der Waals surface area (Å²) < 4.78 is 0.805. The fourth-order valence-corrected chi connectivity index (χ4v) is 2.06. The molecule has 3 N–H and O–H groups in total. The minimum atomic E-state index is 0.386. The number of anilines is 2. The van der Waals surface area contributed by atoms with Gasteiger partial charge in [-0.1, -0.05) is 6.92 Å². The van der Waals surface area contributed by atoms with Gasteiger partial charge in [0, 0.05) is 12.6 Å². The molecule has 1 aromatic heterocycles. The van der Waals surface area contributed by atoms with E-state index in [0.29, 0.717) is 11.9 Å². The summed E-state index contributed by atoms with van der Waals surface area (Å²) in [7, 11) is 0. The fraction of sp³-hybridized carbons (Fsp3) is 0.600. The summed E-state index contributed by atoms with van der Waals surface area (Å²) in [4.78, 5) is 10.6. The van der Waals surface area contributed by atoms with Crippen LogP contribution in [0.1, 0.15) is 27.2 Å². The molecule has 0 saturated carbocycles. The van der Waals surface area contributed by atoms with E-state index in [1.165, 1.54) is 6.33 Å². The van der Waals surface area contributed by atoms with Crippen LogP contribution < -0.4 is 16.2 Å². The van der Waals surface area contributed by atoms with E-state index >= 15 is 0 Å². The van der Waals surface area contributed by atoms with E-state index in [0.717, 1.165) is 23.3 Å². The summed E-state index contributed by atoms with van der Waals surface area (Å²) in [5, 5.41) is 0. The number of aromatic nitrogens is 2. The van der Waals surface area contributed by atoms with E-state index in [1.807, 2.05) is 0 Å². The Hall–Kier alpha value is -0.880. The Balaban J connectivity index is 3.08. The lowest BCUT2D eigenvalue weighted by Gasteiger charge is -2.28. The molecule has 90 valence electrons. The molecular formula is C10H18BrN5. The van der Waals surface area contributed by atoms with E-state index in [2.05, 4.69) is 57.0 Å². The Labute approximate surface area is 105 Å². The average Bonchev–Trinajstić information content (AvgIpc) is 2.26. The van der Waals surface area contributed by atoms with Crippen molar-refractivity contribution in [3.05, 3.63) is 10.8 Å². The molecule has 0 aliphatic heterocycles. The number of nitrogens with one attached hydrogen (secondary N) is 1. The van der Waals surface area contributed by atoms with Crippen LogP contribution >= 0.6 is 15.9 Å². The van der Waals surface area contributed by atoms with Gasteiger partial charge < -0.3 is 10.3 Å². The molecule has 0 saturated heterocycles. The lowest BCUT2D eigenvalue weighted by molar-refractivity contribution is 0.659. The van der Waals surface area contributed by atoms with Crippen molar-refractivity contribution in [3.8, 4) is 0 Å². The first-order chi connectivity index (χ1) is 7.61. The predicted molar refractivity (Wildman–Crippen MR) is 70.3 cm³/mol. The molecule has 6 heteroatoms. The molecule has 0 aliphatic carbocycles. The topological polar surface area (TPSA) is 67.1 Å². The molecule has 5 nitrogen and oxygen atoms in total. The van der Waals surface area contributed by atoms with Crippen LogP contribution in [0.3, 0.4) is 0 Å². The van der Waals surface area contributed by atoms with Gasteiger partial charge in [-0.05, 0) is 36.2 Å². The van der Waals surface area contributed by atoms with E-state index in [4.69, 9.17) is 5.84 Å². The zero-order valence-electron chi connectivity index (χ0n) is 9.87. The van der Waals surface area contributed by atoms with Crippen LogP contribution in [-0.2, 0) is 0 Å². The van der Waals surface area contributed by atoms with Crippen molar-refractivity contribution in [2.75, 3.05) is 16.9 Å². The van der Waals surface area contributed by atoms with Gasteiger partial charge in [-0.3, -0.25) is 0 Å². The number of halogens is 1. The van der Waals surface area contributed by atoms with Gasteiger partial charge in [0.2, 0.25) is 0 Å². The van der Waals surface area contributed by atoms with Crippen LogP contribution in [0, 0.1) is 0 Å². The summed E-state index contributed by atoms with van der Waals surface area (Å²) in [5.74, 6) is 6.86. The fourth-order valence-electron chi connectivity index (χ4n) is 1.51. The second-order valence-corrected chi connectivity index (χ2v) is 4.58. The third-order valence-electron chi connectivity index (χ3n) is 2.27. The largest absolute Gasteiger partial charge is 0.353 e. The Morgan fingerprint density at radius 1 is 1.50 bits per heavy atom. The molecule has 0 amide bonds. The molecule has 16 heavy (non-hydrogen) atoms. The third-order valence-corrected chi connectivity index (χ3v) is 3.00. The summed E-state index contributed by atoms with van der Waals surface area (Å²) in [5.41, 5.74) is 2.55. The Morgan fingerprint density at radius 3 is 2.69 bits per heavy atom. The number of nitrogen functional groups attached to an aromatic ring is 1. The molecule has 0 atom stereocenters. The zero-order valence-corrected chi connectivity index (χ0v) is 11.5. The second kappa shape index (κ2) is 6.00. The van der Waals surface area contributed by atoms with Crippen molar-refractivity contribution in [1.29, 1.82) is 0 Å². The standard InChI is InChI=1S/C10H18BrN5/c1-4-5-16(7(2)3)10-8(11)9(15-12)13-6-14-10/h6-7H,4-5,12H2,1-3H3,(H,13,14,15). The Morgan fingerprint density at radius 2 is 2.19 bits per heavy atom. The molecule has 0 aromatic carbocycles. The first-order valence-electron chi connectivity index (χ1n) is 5.35. The highest BCUT2D eigenvalue weighted by molar-refractivity contribution is 9.10. The SMILES string of the molecule is CCCN(c1ncnc(NN)c1Br)C(C)C. The number of nitrogens with two attached hydrogens (primary N) is 1. The number of rotatable bonds is 5. The van der Waals surface area contributed by atoms with E-state index < -0.39 is 0 Å². The van der Waals surface area contributed by atoms with Crippen LogP contribution in [0.25, 0.3) is 0 Å². The van der Waals surface area contributed by atoms with Gasteiger partial charge in [0.25, 0.3) is 0 Å². The molecule has 1 heterocycles. The first kappa shape index (κ1) is 13.2. The Bertz CT molecular complexity index is 342. The van der Waals surface area contributed by atoms with Crippen LogP contribution in [-0.4, -0.2) is 22.6 Å². The maximum atomic E-state index is 5.38. The number of hydrogen-bond acceptors (Lipinski definition) is 5. The van der Waals surface area contributed by atoms with Crippen LogP contribution in [0.4, 0.5) is 11.6 Å². The minimum Gasteiger partial charge on any atom is -0.353 e. The zero-order chi connectivity index (χ0) is 12.1. The van der Waals surface area contributed by atoms with Gasteiger partial charge in [-0.15, -0.1) is 0 Å². The van der Waals surface area contributed by atoms with Crippen molar-refractivity contribution >= 4 is 27.6 Å². The highest BCUT2D eigenvalue weighted by Crippen LogP contribution is 2.29. The van der Waals surface area contributed by atoms with Crippen molar-refractivity contribution in [3.63, 3.8) is 0 Å². The van der Waals surface area contributed by atoms with Crippen molar-refractivity contribution in [1.82, 2.24) is 9.97 Å². The van der Waals surface area contributed by atoms with E-state index in [-0.39, 0.29) is 0 Å². The average molecular weight is 288 g/mol. The molecule has 0 fully saturated rings. The first-order valence-corrected chi connectivity index (χ1v) is 6.14. The maximum absolute atomic E-state index is 5.38. The van der Waals surface area contributed by atoms with Crippen molar-refractivity contribution in [2.45, 2.75) is 33.2 Å². The Kier molecular flexibility index (Phi) is 4.95. The van der Waals surface area contributed by atoms with Crippen molar-refractivity contribution < 1.29 is 0 Å². The van der Waals surface area contributed by atoms with Gasteiger partial charge in [0.05, 0.1) is 0 Å². The minimum absolute atomic E-state index is 0.386. The molecule has 0 aliphatic rings. The predicted octanol–water partition coefficient (Wildman–Crippen LogP) is 2.15. The van der Waals surface area contributed by atoms with E-state index in [9.17, 15) is 0 Å². The summed E-state index contributed by atoms with van der Waals surface area (Å²) in [6.07, 6.45) is 2.58. The smallest absolute Gasteiger partial charge is 0.159 e. The lowest BCUT2D eigenvalue weighted by Crippen LogP contribution is -2.32. The van der Waals surface area contributed by atoms with E-state index in [1.54, 1.807) is 0 Å². The highest BCUT2D eigenvalue weighted by atomic mass is 79.9. The number of hydrogen-bond donors (Lipinski definition) is 2.